The molecule has 0 unspecified atom stereocenters. The Kier molecular flexibility index (Phi) is 2.95. The molecule has 0 aromatic heterocycles. The standard InChI is InChI=1S/C13H16FNO/c1-9(10(2)16)8-15-6-5-11-3-4-12(14)7-13(11)15/h3-4,7,9H,5-6,8H2,1-2H3/t9-/m1/s1. The van der Waals surface area contributed by atoms with E-state index in [0.29, 0.717) is 6.54 Å². The zero-order valence-corrected chi connectivity index (χ0v) is 9.66. The number of nitrogens with zero attached hydrogens (tertiary/aromatic N) is 1. The molecule has 1 aliphatic rings. The highest BCUT2D eigenvalue weighted by Gasteiger charge is 2.22. The first-order valence-electron chi connectivity index (χ1n) is 5.62. The van der Waals surface area contributed by atoms with Crippen LogP contribution in [0.15, 0.2) is 18.2 Å². The van der Waals surface area contributed by atoms with Gasteiger partial charge in [0.25, 0.3) is 0 Å². The molecule has 2 rings (SSSR count). The van der Waals surface area contributed by atoms with Crippen LogP contribution < -0.4 is 4.90 Å². The lowest BCUT2D eigenvalue weighted by Gasteiger charge is -2.22. The van der Waals surface area contributed by atoms with Crippen molar-refractivity contribution < 1.29 is 9.18 Å². The molecule has 0 radical (unpaired) electrons. The van der Waals surface area contributed by atoms with Gasteiger partial charge in [0.05, 0.1) is 0 Å². The summed E-state index contributed by atoms with van der Waals surface area (Å²) in [6.07, 6.45) is 0.945. The topological polar surface area (TPSA) is 20.3 Å². The fourth-order valence-electron chi connectivity index (χ4n) is 2.07. The third-order valence-corrected chi connectivity index (χ3v) is 3.23. The first kappa shape index (κ1) is 11.1. The summed E-state index contributed by atoms with van der Waals surface area (Å²) in [5.74, 6) is -0.0137. The molecule has 0 N–H and O–H groups in total. The maximum absolute atomic E-state index is 13.1. The lowest BCUT2D eigenvalue weighted by Crippen LogP contribution is -2.29. The molecular formula is C13H16FNO. The van der Waals surface area contributed by atoms with E-state index in [0.717, 1.165) is 18.7 Å². The van der Waals surface area contributed by atoms with Crippen LogP contribution >= 0.6 is 0 Å². The van der Waals surface area contributed by atoms with Gasteiger partial charge >= 0.3 is 0 Å². The van der Waals surface area contributed by atoms with Crippen molar-refractivity contribution in [1.82, 2.24) is 0 Å². The molecule has 0 bridgehead atoms. The number of anilines is 1. The van der Waals surface area contributed by atoms with Gasteiger partial charge in [-0.15, -0.1) is 0 Å². The van der Waals surface area contributed by atoms with Gasteiger partial charge in [0, 0.05) is 24.7 Å². The number of hydrogen-bond acceptors (Lipinski definition) is 2. The van der Waals surface area contributed by atoms with Gasteiger partial charge < -0.3 is 4.90 Å². The van der Waals surface area contributed by atoms with E-state index in [1.807, 2.05) is 13.0 Å². The summed E-state index contributed by atoms with van der Waals surface area (Å²) < 4.78 is 13.1. The van der Waals surface area contributed by atoms with Gasteiger partial charge in [-0.3, -0.25) is 4.79 Å². The second-order valence-electron chi connectivity index (χ2n) is 4.48. The van der Waals surface area contributed by atoms with E-state index in [1.165, 1.54) is 11.6 Å². The molecule has 1 aliphatic heterocycles. The molecule has 3 heteroatoms. The lowest BCUT2D eigenvalue weighted by molar-refractivity contribution is -0.119. The molecule has 1 aromatic carbocycles. The maximum Gasteiger partial charge on any atom is 0.134 e. The molecule has 0 fully saturated rings. The van der Waals surface area contributed by atoms with Crippen molar-refractivity contribution in [2.24, 2.45) is 5.92 Å². The van der Waals surface area contributed by atoms with Crippen LogP contribution in [0, 0.1) is 11.7 Å². The summed E-state index contributed by atoms with van der Waals surface area (Å²) in [4.78, 5) is 13.3. The first-order valence-corrected chi connectivity index (χ1v) is 5.62. The molecule has 1 heterocycles. The minimum absolute atomic E-state index is 0.00853. The second kappa shape index (κ2) is 4.24. The molecule has 0 saturated carbocycles. The fraction of sp³-hybridized carbons (Fsp3) is 0.462. The third kappa shape index (κ3) is 2.08. The van der Waals surface area contributed by atoms with Crippen molar-refractivity contribution >= 4 is 11.5 Å². The number of carbonyl (C=O) groups is 1. The molecule has 0 amide bonds. The van der Waals surface area contributed by atoms with E-state index in [2.05, 4.69) is 4.90 Å². The Bertz CT molecular complexity index is 416. The monoisotopic (exact) mass is 221 g/mol. The van der Waals surface area contributed by atoms with Crippen LogP contribution in [0.25, 0.3) is 0 Å². The van der Waals surface area contributed by atoms with E-state index in [9.17, 15) is 9.18 Å². The Hall–Kier alpha value is -1.38. The van der Waals surface area contributed by atoms with Crippen molar-refractivity contribution in [3.8, 4) is 0 Å². The fourth-order valence-corrected chi connectivity index (χ4v) is 2.07. The van der Waals surface area contributed by atoms with E-state index < -0.39 is 0 Å². The van der Waals surface area contributed by atoms with Crippen LogP contribution in [0.4, 0.5) is 10.1 Å². The second-order valence-corrected chi connectivity index (χ2v) is 4.48. The number of fused-ring (bicyclic) bond motifs is 1. The smallest absolute Gasteiger partial charge is 0.134 e. The van der Waals surface area contributed by atoms with Gasteiger partial charge in [-0.25, -0.2) is 4.39 Å². The zero-order chi connectivity index (χ0) is 11.7. The van der Waals surface area contributed by atoms with E-state index in [-0.39, 0.29) is 17.5 Å². The SMILES string of the molecule is CC(=O)[C@H](C)CN1CCc2ccc(F)cc21. The molecule has 1 atom stereocenters. The number of benzene rings is 1. The Labute approximate surface area is 95.1 Å². The van der Waals surface area contributed by atoms with Crippen LogP contribution in [0.5, 0.6) is 0 Å². The van der Waals surface area contributed by atoms with Crippen molar-refractivity contribution in [1.29, 1.82) is 0 Å². The molecule has 86 valence electrons. The van der Waals surface area contributed by atoms with Crippen molar-refractivity contribution in [3.05, 3.63) is 29.6 Å². The Morgan fingerprint density at radius 3 is 3.00 bits per heavy atom. The van der Waals surface area contributed by atoms with Crippen LogP contribution in [0.3, 0.4) is 0 Å². The van der Waals surface area contributed by atoms with Crippen LogP contribution in [0.2, 0.25) is 0 Å². The van der Waals surface area contributed by atoms with E-state index in [4.69, 9.17) is 0 Å². The molecule has 0 saturated heterocycles. The largest absolute Gasteiger partial charge is 0.370 e. The first-order chi connectivity index (χ1) is 7.58. The average molecular weight is 221 g/mol. The Morgan fingerprint density at radius 1 is 1.56 bits per heavy atom. The van der Waals surface area contributed by atoms with Crippen LogP contribution in [0.1, 0.15) is 19.4 Å². The molecular weight excluding hydrogens is 205 g/mol. The van der Waals surface area contributed by atoms with Gasteiger partial charge in [0.15, 0.2) is 0 Å². The van der Waals surface area contributed by atoms with E-state index in [1.54, 1.807) is 13.0 Å². The summed E-state index contributed by atoms with van der Waals surface area (Å²) in [5.41, 5.74) is 2.13. The predicted octanol–water partition coefficient (Wildman–Crippen LogP) is 2.41. The highest BCUT2D eigenvalue weighted by Crippen LogP contribution is 2.29. The van der Waals surface area contributed by atoms with Gasteiger partial charge in [-0.1, -0.05) is 13.0 Å². The minimum atomic E-state index is -0.207. The van der Waals surface area contributed by atoms with Crippen molar-refractivity contribution in [2.45, 2.75) is 20.3 Å². The third-order valence-electron chi connectivity index (χ3n) is 3.23. The number of Topliss-reactive ketones (excluding diaryl/α,β-unsaturated/α-hetero) is 1. The molecule has 0 aliphatic carbocycles. The Balaban J connectivity index is 2.17. The Morgan fingerprint density at radius 2 is 2.31 bits per heavy atom. The number of ketones is 1. The number of hydrogen-bond donors (Lipinski definition) is 0. The minimum Gasteiger partial charge on any atom is -0.370 e. The molecule has 16 heavy (non-hydrogen) atoms. The number of halogens is 1. The van der Waals surface area contributed by atoms with Gasteiger partial charge in [0.1, 0.15) is 11.6 Å². The van der Waals surface area contributed by atoms with Gasteiger partial charge in [-0.05, 0) is 31.0 Å². The summed E-state index contributed by atoms with van der Waals surface area (Å²) in [6, 6.07) is 4.90. The molecule has 1 aromatic rings. The predicted molar refractivity (Wildman–Crippen MR) is 62.2 cm³/mol. The lowest BCUT2D eigenvalue weighted by atomic mass is 10.1. The highest BCUT2D eigenvalue weighted by atomic mass is 19.1. The van der Waals surface area contributed by atoms with Gasteiger partial charge in [-0.2, -0.15) is 0 Å². The highest BCUT2D eigenvalue weighted by molar-refractivity contribution is 5.78. The molecule has 2 nitrogen and oxygen atoms in total. The summed E-state index contributed by atoms with van der Waals surface area (Å²) in [5, 5.41) is 0. The summed E-state index contributed by atoms with van der Waals surface area (Å²) >= 11 is 0. The molecule has 0 spiro atoms. The van der Waals surface area contributed by atoms with Gasteiger partial charge in [0.2, 0.25) is 0 Å². The van der Waals surface area contributed by atoms with E-state index >= 15 is 0 Å². The quantitative estimate of drug-likeness (QED) is 0.781. The van der Waals surface area contributed by atoms with Crippen LogP contribution in [-0.2, 0) is 11.2 Å². The van der Waals surface area contributed by atoms with Crippen LogP contribution in [-0.4, -0.2) is 18.9 Å². The zero-order valence-electron chi connectivity index (χ0n) is 9.66. The summed E-state index contributed by atoms with van der Waals surface area (Å²) in [6.45, 7) is 5.09. The summed E-state index contributed by atoms with van der Waals surface area (Å²) in [7, 11) is 0. The average Bonchev–Trinajstić information content (AvgIpc) is 2.61. The van der Waals surface area contributed by atoms with Crippen molar-refractivity contribution in [2.75, 3.05) is 18.0 Å². The maximum atomic E-state index is 13.1. The number of carbonyl (C=O) groups excluding carboxylic acids is 1. The normalized spacial score (nSPS) is 16.1. The number of rotatable bonds is 3. The van der Waals surface area contributed by atoms with Crippen molar-refractivity contribution in [3.63, 3.8) is 0 Å².